The second-order valence-corrected chi connectivity index (χ2v) is 4.72. The summed E-state index contributed by atoms with van der Waals surface area (Å²) in [4.78, 5) is 27.9. The maximum Gasteiger partial charge on any atom is 0.355 e. The Labute approximate surface area is 104 Å². The van der Waals surface area contributed by atoms with Gasteiger partial charge in [0.25, 0.3) is 0 Å². The molecule has 0 radical (unpaired) electrons. The minimum Gasteiger partial charge on any atom is -0.476 e. The number of rotatable bonds is 6. The molecule has 1 aromatic rings. The molecule has 5 nitrogen and oxygen atoms in total. The van der Waals surface area contributed by atoms with Crippen molar-refractivity contribution in [1.29, 1.82) is 0 Å². The Hall–Kier alpha value is -1.43. The van der Waals surface area contributed by atoms with E-state index in [4.69, 9.17) is 5.11 Å². The number of thiazole rings is 1. The second-order valence-electron chi connectivity index (χ2n) is 3.78. The Kier molecular flexibility index (Phi) is 5.09. The number of carboxylic acids is 1. The Morgan fingerprint density at radius 1 is 1.53 bits per heavy atom. The first-order valence-corrected chi connectivity index (χ1v) is 6.34. The van der Waals surface area contributed by atoms with Gasteiger partial charge in [0.1, 0.15) is 5.01 Å². The van der Waals surface area contributed by atoms with Crippen LogP contribution in [0.15, 0.2) is 5.38 Å². The molecule has 0 aliphatic rings. The summed E-state index contributed by atoms with van der Waals surface area (Å²) in [5.41, 5.74) is 0.00834. The van der Waals surface area contributed by atoms with E-state index in [0.29, 0.717) is 5.01 Å². The summed E-state index contributed by atoms with van der Waals surface area (Å²) in [5, 5.41) is 10.7. The third-order valence-corrected chi connectivity index (χ3v) is 3.19. The van der Waals surface area contributed by atoms with Gasteiger partial charge in [-0.1, -0.05) is 13.3 Å². The molecule has 0 aromatic carbocycles. The Morgan fingerprint density at radius 3 is 2.76 bits per heavy atom. The van der Waals surface area contributed by atoms with Gasteiger partial charge in [0.15, 0.2) is 5.69 Å². The van der Waals surface area contributed by atoms with Crippen molar-refractivity contribution in [3.8, 4) is 0 Å². The smallest absolute Gasteiger partial charge is 0.355 e. The number of likely N-dealkylation sites (N-methyl/N-ethyl adjacent to an activating group) is 1. The van der Waals surface area contributed by atoms with E-state index in [9.17, 15) is 9.59 Å². The molecule has 0 atom stereocenters. The van der Waals surface area contributed by atoms with Crippen LogP contribution in [-0.4, -0.2) is 40.5 Å². The largest absolute Gasteiger partial charge is 0.476 e. The van der Waals surface area contributed by atoms with Crippen molar-refractivity contribution in [3.63, 3.8) is 0 Å². The van der Waals surface area contributed by atoms with Crippen LogP contribution >= 0.6 is 11.3 Å². The number of aromatic nitrogens is 1. The molecular weight excluding hydrogens is 240 g/mol. The van der Waals surface area contributed by atoms with Crippen LogP contribution in [0.5, 0.6) is 0 Å². The normalized spacial score (nSPS) is 10.2. The molecule has 0 bridgehead atoms. The number of amides is 1. The Balaban J connectivity index is 2.52. The zero-order chi connectivity index (χ0) is 12.8. The SMILES string of the molecule is CCCCN(C)C(=O)Cc1nc(C(=O)O)cs1. The number of unbranched alkanes of at least 4 members (excludes halogenated alkanes) is 1. The first kappa shape index (κ1) is 13.6. The molecule has 17 heavy (non-hydrogen) atoms. The van der Waals surface area contributed by atoms with E-state index in [1.165, 1.54) is 16.7 Å². The molecule has 1 N–H and O–H groups in total. The van der Waals surface area contributed by atoms with Gasteiger partial charge in [-0.05, 0) is 6.42 Å². The summed E-state index contributed by atoms with van der Waals surface area (Å²) in [6.07, 6.45) is 2.19. The summed E-state index contributed by atoms with van der Waals surface area (Å²) in [5.74, 6) is -1.08. The molecule has 1 heterocycles. The standard InChI is InChI=1S/C11H16N2O3S/c1-3-4-5-13(2)10(14)6-9-12-8(7-17-9)11(15)16/h7H,3-6H2,1-2H3,(H,15,16). The fourth-order valence-electron chi connectivity index (χ4n) is 1.27. The summed E-state index contributed by atoms with van der Waals surface area (Å²) in [7, 11) is 1.75. The van der Waals surface area contributed by atoms with Crippen LogP contribution in [0.2, 0.25) is 0 Å². The number of hydrogen-bond acceptors (Lipinski definition) is 4. The highest BCUT2D eigenvalue weighted by Crippen LogP contribution is 2.11. The van der Waals surface area contributed by atoms with Crippen LogP contribution in [0, 0.1) is 0 Å². The number of aromatic carboxylic acids is 1. The maximum atomic E-state index is 11.7. The van der Waals surface area contributed by atoms with Crippen molar-refractivity contribution in [2.75, 3.05) is 13.6 Å². The molecule has 0 saturated heterocycles. The first-order chi connectivity index (χ1) is 8.04. The minimum atomic E-state index is -1.06. The monoisotopic (exact) mass is 256 g/mol. The van der Waals surface area contributed by atoms with Crippen molar-refractivity contribution in [2.24, 2.45) is 0 Å². The highest BCUT2D eigenvalue weighted by atomic mass is 32.1. The third kappa shape index (κ3) is 4.14. The molecule has 1 aromatic heterocycles. The highest BCUT2D eigenvalue weighted by Gasteiger charge is 2.14. The summed E-state index contributed by atoms with van der Waals surface area (Å²) < 4.78 is 0. The molecule has 0 spiro atoms. The summed E-state index contributed by atoms with van der Waals surface area (Å²) in [6, 6.07) is 0. The number of carboxylic acid groups (broad SMARTS) is 1. The fraction of sp³-hybridized carbons (Fsp3) is 0.545. The van der Waals surface area contributed by atoms with Crippen molar-refractivity contribution in [1.82, 2.24) is 9.88 Å². The molecule has 1 amide bonds. The van der Waals surface area contributed by atoms with E-state index in [2.05, 4.69) is 11.9 Å². The van der Waals surface area contributed by atoms with E-state index in [0.717, 1.165) is 19.4 Å². The van der Waals surface area contributed by atoms with Gasteiger partial charge < -0.3 is 10.0 Å². The Bertz CT molecular complexity index is 403. The van der Waals surface area contributed by atoms with Crippen LogP contribution in [0.4, 0.5) is 0 Å². The lowest BCUT2D eigenvalue weighted by Crippen LogP contribution is -2.29. The average Bonchev–Trinajstić information content (AvgIpc) is 2.74. The van der Waals surface area contributed by atoms with Gasteiger partial charge in [-0.25, -0.2) is 9.78 Å². The van der Waals surface area contributed by atoms with Crippen LogP contribution in [0.25, 0.3) is 0 Å². The van der Waals surface area contributed by atoms with Gasteiger partial charge in [0.05, 0.1) is 6.42 Å². The predicted octanol–water partition coefficient (Wildman–Crippen LogP) is 1.64. The highest BCUT2D eigenvalue weighted by molar-refractivity contribution is 7.09. The average molecular weight is 256 g/mol. The second kappa shape index (κ2) is 6.34. The quantitative estimate of drug-likeness (QED) is 0.840. The number of carbonyl (C=O) groups excluding carboxylic acids is 1. The van der Waals surface area contributed by atoms with Crippen molar-refractivity contribution in [3.05, 3.63) is 16.1 Å². The summed E-state index contributed by atoms with van der Waals surface area (Å²) >= 11 is 1.21. The van der Waals surface area contributed by atoms with E-state index < -0.39 is 5.97 Å². The van der Waals surface area contributed by atoms with Crippen LogP contribution in [-0.2, 0) is 11.2 Å². The van der Waals surface area contributed by atoms with Gasteiger partial charge in [0.2, 0.25) is 5.91 Å². The zero-order valence-electron chi connectivity index (χ0n) is 9.97. The predicted molar refractivity (Wildman–Crippen MR) is 65.3 cm³/mol. The first-order valence-electron chi connectivity index (χ1n) is 5.46. The molecule has 1 rings (SSSR count). The van der Waals surface area contributed by atoms with Crippen molar-refractivity contribution < 1.29 is 14.7 Å². The third-order valence-electron chi connectivity index (χ3n) is 2.35. The van der Waals surface area contributed by atoms with Gasteiger partial charge in [-0.3, -0.25) is 4.79 Å². The van der Waals surface area contributed by atoms with Crippen LogP contribution in [0.1, 0.15) is 35.3 Å². The zero-order valence-corrected chi connectivity index (χ0v) is 10.8. The van der Waals surface area contributed by atoms with Gasteiger partial charge in [-0.15, -0.1) is 11.3 Å². The minimum absolute atomic E-state index is 0.00834. The Morgan fingerprint density at radius 2 is 2.24 bits per heavy atom. The topological polar surface area (TPSA) is 70.5 Å². The van der Waals surface area contributed by atoms with Gasteiger partial charge >= 0.3 is 5.97 Å². The van der Waals surface area contributed by atoms with E-state index in [-0.39, 0.29) is 18.0 Å². The summed E-state index contributed by atoms with van der Waals surface area (Å²) in [6.45, 7) is 2.80. The van der Waals surface area contributed by atoms with Crippen molar-refractivity contribution in [2.45, 2.75) is 26.2 Å². The number of carbonyl (C=O) groups is 2. The van der Waals surface area contributed by atoms with E-state index in [1.807, 2.05) is 0 Å². The molecule has 0 aliphatic carbocycles. The lowest BCUT2D eigenvalue weighted by molar-refractivity contribution is -0.129. The van der Waals surface area contributed by atoms with Gasteiger partial charge in [0, 0.05) is 19.0 Å². The molecule has 94 valence electrons. The molecular formula is C11H16N2O3S. The molecule has 0 aliphatic heterocycles. The lowest BCUT2D eigenvalue weighted by atomic mass is 10.3. The molecule has 0 unspecified atom stereocenters. The van der Waals surface area contributed by atoms with E-state index in [1.54, 1.807) is 11.9 Å². The lowest BCUT2D eigenvalue weighted by Gasteiger charge is -2.15. The number of hydrogen-bond donors (Lipinski definition) is 1. The molecule has 0 saturated carbocycles. The maximum absolute atomic E-state index is 11.7. The molecule has 0 fully saturated rings. The molecule has 6 heteroatoms. The van der Waals surface area contributed by atoms with Crippen LogP contribution in [0.3, 0.4) is 0 Å². The number of nitrogens with zero attached hydrogens (tertiary/aromatic N) is 2. The fourth-order valence-corrected chi connectivity index (χ4v) is 2.03. The van der Waals surface area contributed by atoms with E-state index >= 15 is 0 Å². The van der Waals surface area contributed by atoms with Gasteiger partial charge in [-0.2, -0.15) is 0 Å². The van der Waals surface area contributed by atoms with Crippen LogP contribution < -0.4 is 0 Å². The van der Waals surface area contributed by atoms with Crippen molar-refractivity contribution >= 4 is 23.2 Å².